The van der Waals surface area contributed by atoms with Crippen LogP contribution in [0.15, 0.2) is 30.3 Å². The highest BCUT2D eigenvalue weighted by atomic mass is 35.5. The zero-order valence-electron chi connectivity index (χ0n) is 9.52. The van der Waals surface area contributed by atoms with Gasteiger partial charge in [-0.3, -0.25) is 0 Å². The zero-order valence-corrected chi connectivity index (χ0v) is 10.3. The van der Waals surface area contributed by atoms with Crippen molar-refractivity contribution >= 4 is 12.4 Å². The van der Waals surface area contributed by atoms with Gasteiger partial charge < -0.3 is 10.1 Å². The normalized spacial score (nSPS) is 20.1. The summed E-state index contributed by atoms with van der Waals surface area (Å²) in [5, 5.41) is 3.48. The Hall–Kier alpha value is -0.570. The molecule has 1 aromatic rings. The first-order chi connectivity index (χ1) is 7.45. The summed E-state index contributed by atoms with van der Waals surface area (Å²) in [5.41, 5.74) is 1.26. The van der Waals surface area contributed by atoms with Gasteiger partial charge in [0.05, 0.1) is 13.2 Å². The molecular weight excluding hydrogens is 222 g/mol. The molecule has 0 aliphatic carbocycles. The van der Waals surface area contributed by atoms with Gasteiger partial charge in [0.25, 0.3) is 0 Å². The third kappa shape index (κ3) is 4.52. The maximum Gasteiger partial charge on any atom is 0.0717 e. The molecule has 0 bridgehead atoms. The van der Waals surface area contributed by atoms with Crippen LogP contribution in [0.5, 0.6) is 0 Å². The number of hydrogen-bond donors (Lipinski definition) is 1. The van der Waals surface area contributed by atoms with Crippen molar-refractivity contribution in [1.82, 2.24) is 5.32 Å². The van der Waals surface area contributed by atoms with Crippen LogP contribution in [-0.2, 0) is 11.3 Å². The van der Waals surface area contributed by atoms with E-state index in [0.717, 1.165) is 19.8 Å². The average molecular weight is 242 g/mol. The maximum absolute atomic E-state index is 5.70. The Morgan fingerprint density at radius 3 is 2.69 bits per heavy atom. The van der Waals surface area contributed by atoms with Gasteiger partial charge >= 0.3 is 0 Å². The largest absolute Gasteiger partial charge is 0.375 e. The molecule has 90 valence electrons. The van der Waals surface area contributed by atoms with Crippen LogP contribution in [-0.4, -0.2) is 19.2 Å². The van der Waals surface area contributed by atoms with Crippen molar-refractivity contribution in [1.29, 1.82) is 0 Å². The summed E-state index contributed by atoms with van der Waals surface area (Å²) in [7, 11) is 0. The summed E-state index contributed by atoms with van der Waals surface area (Å²) in [6.45, 7) is 2.73. The number of ether oxygens (including phenoxy) is 1. The molecule has 1 atom stereocenters. The Labute approximate surface area is 104 Å². The fourth-order valence-electron chi connectivity index (χ4n) is 1.96. The Bertz CT molecular complexity index is 273. The van der Waals surface area contributed by atoms with Crippen LogP contribution < -0.4 is 5.32 Å². The molecule has 2 nitrogen and oxygen atoms in total. The van der Waals surface area contributed by atoms with E-state index < -0.39 is 0 Å². The summed E-state index contributed by atoms with van der Waals surface area (Å²) in [6, 6.07) is 10.9. The average Bonchev–Trinajstić information content (AvgIpc) is 2.32. The highest BCUT2D eigenvalue weighted by Gasteiger charge is 2.11. The van der Waals surface area contributed by atoms with Gasteiger partial charge in [-0.25, -0.2) is 0 Å². The molecule has 1 aliphatic heterocycles. The van der Waals surface area contributed by atoms with E-state index in [-0.39, 0.29) is 12.4 Å². The van der Waals surface area contributed by atoms with Crippen molar-refractivity contribution in [3.8, 4) is 0 Å². The summed E-state index contributed by atoms with van der Waals surface area (Å²) >= 11 is 0. The molecular formula is C13H20ClNO. The minimum atomic E-state index is 0. The van der Waals surface area contributed by atoms with E-state index in [4.69, 9.17) is 4.74 Å². The molecule has 16 heavy (non-hydrogen) atoms. The van der Waals surface area contributed by atoms with Crippen LogP contribution in [0.3, 0.4) is 0 Å². The van der Waals surface area contributed by atoms with Crippen LogP contribution in [0.1, 0.15) is 24.8 Å². The minimum Gasteiger partial charge on any atom is -0.375 e. The van der Waals surface area contributed by atoms with E-state index in [2.05, 4.69) is 29.6 Å². The molecule has 0 aromatic heterocycles. The summed E-state index contributed by atoms with van der Waals surface area (Å²) < 4.78 is 5.70. The SMILES string of the molecule is Cl.c1ccc(COCC2CCCCN2)cc1. The monoisotopic (exact) mass is 241 g/mol. The number of hydrogen-bond acceptors (Lipinski definition) is 2. The van der Waals surface area contributed by atoms with Gasteiger partial charge in [-0.15, -0.1) is 12.4 Å². The molecule has 3 heteroatoms. The molecule has 2 rings (SSSR count). The lowest BCUT2D eigenvalue weighted by Gasteiger charge is -2.23. The molecule has 1 fully saturated rings. The zero-order chi connectivity index (χ0) is 10.3. The van der Waals surface area contributed by atoms with Crippen LogP contribution in [0.25, 0.3) is 0 Å². The third-order valence-corrected chi connectivity index (χ3v) is 2.84. The van der Waals surface area contributed by atoms with Crippen molar-refractivity contribution in [3.63, 3.8) is 0 Å². The van der Waals surface area contributed by atoms with Crippen LogP contribution in [0.2, 0.25) is 0 Å². The summed E-state index contributed by atoms with van der Waals surface area (Å²) in [6.07, 6.45) is 3.91. The number of benzene rings is 1. The van der Waals surface area contributed by atoms with Gasteiger partial charge in [0, 0.05) is 6.04 Å². The fraction of sp³-hybridized carbons (Fsp3) is 0.538. The second-order valence-corrected chi connectivity index (χ2v) is 4.15. The first-order valence-electron chi connectivity index (χ1n) is 5.80. The summed E-state index contributed by atoms with van der Waals surface area (Å²) in [4.78, 5) is 0. The lowest BCUT2D eigenvalue weighted by Crippen LogP contribution is -2.37. The van der Waals surface area contributed by atoms with Crippen LogP contribution in [0, 0.1) is 0 Å². The van der Waals surface area contributed by atoms with E-state index in [1.165, 1.54) is 24.8 Å². The van der Waals surface area contributed by atoms with Crippen molar-refractivity contribution in [3.05, 3.63) is 35.9 Å². The predicted molar refractivity (Wildman–Crippen MR) is 69.0 cm³/mol. The van der Waals surface area contributed by atoms with Gasteiger partial charge in [-0.1, -0.05) is 36.8 Å². The highest BCUT2D eigenvalue weighted by molar-refractivity contribution is 5.85. The smallest absolute Gasteiger partial charge is 0.0717 e. The first kappa shape index (κ1) is 13.5. The maximum atomic E-state index is 5.70. The number of piperidine rings is 1. The quantitative estimate of drug-likeness (QED) is 0.875. The van der Waals surface area contributed by atoms with Gasteiger partial charge in [0.1, 0.15) is 0 Å². The van der Waals surface area contributed by atoms with Crippen LogP contribution >= 0.6 is 12.4 Å². The Kier molecular flexibility index (Phi) is 6.46. The van der Waals surface area contributed by atoms with Gasteiger partial charge in [-0.05, 0) is 24.9 Å². The minimum absolute atomic E-state index is 0. The number of halogens is 1. The lowest BCUT2D eigenvalue weighted by atomic mass is 10.1. The molecule has 0 radical (unpaired) electrons. The predicted octanol–water partition coefficient (Wildman–Crippen LogP) is 2.77. The lowest BCUT2D eigenvalue weighted by molar-refractivity contribution is 0.0911. The van der Waals surface area contributed by atoms with Crippen molar-refractivity contribution in [2.75, 3.05) is 13.2 Å². The molecule has 1 N–H and O–H groups in total. The van der Waals surface area contributed by atoms with Gasteiger partial charge in [0.2, 0.25) is 0 Å². The van der Waals surface area contributed by atoms with E-state index in [1.54, 1.807) is 0 Å². The highest BCUT2D eigenvalue weighted by Crippen LogP contribution is 2.08. The van der Waals surface area contributed by atoms with Gasteiger partial charge in [0.15, 0.2) is 0 Å². The standard InChI is InChI=1S/C13H19NO.ClH/c1-2-6-12(7-3-1)10-15-11-13-8-4-5-9-14-13;/h1-3,6-7,13-14H,4-5,8-11H2;1H. The number of nitrogens with one attached hydrogen (secondary N) is 1. The van der Waals surface area contributed by atoms with E-state index in [9.17, 15) is 0 Å². The Morgan fingerprint density at radius 2 is 2.00 bits per heavy atom. The van der Waals surface area contributed by atoms with Crippen molar-refractivity contribution in [2.45, 2.75) is 31.9 Å². The van der Waals surface area contributed by atoms with E-state index in [0.29, 0.717) is 6.04 Å². The van der Waals surface area contributed by atoms with Crippen molar-refractivity contribution < 1.29 is 4.74 Å². The Balaban J connectivity index is 0.00000128. The molecule has 0 spiro atoms. The van der Waals surface area contributed by atoms with E-state index in [1.807, 2.05) is 6.07 Å². The van der Waals surface area contributed by atoms with Crippen LogP contribution in [0.4, 0.5) is 0 Å². The van der Waals surface area contributed by atoms with Crippen molar-refractivity contribution in [2.24, 2.45) is 0 Å². The molecule has 1 aliphatic rings. The molecule has 1 saturated heterocycles. The summed E-state index contributed by atoms with van der Waals surface area (Å²) in [5.74, 6) is 0. The Morgan fingerprint density at radius 1 is 1.19 bits per heavy atom. The third-order valence-electron chi connectivity index (χ3n) is 2.84. The second kappa shape index (κ2) is 7.66. The molecule has 0 amide bonds. The molecule has 1 unspecified atom stereocenters. The molecule has 0 saturated carbocycles. The topological polar surface area (TPSA) is 21.3 Å². The molecule has 1 aromatic carbocycles. The fourth-order valence-corrected chi connectivity index (χ4v) is 1.96. The molecule has 1 heterocycles. The van der Waals surface area contributed by atoms with Gasteiger partial charge in [-0.2, -0.15) is 0 Å². The number of rotatable bonds is 4. The second-order valence-electron chi connectivity index (χ2n) is 4.15. The van der Waals surface area contributed by atoms with E-state index >= 15 is 0 Å². The first-order valence-corrected chi connectivity index (χ1v) is 5.80.